The Kier molecular flexibility index (Phi) is 3.77. The second-order valence-electron chi connectivity index (χ2n) is 3.73. The molecule has 98 valence electrons. The van der Waals surface area contributed by atoms with Crippen LogP contribution in [0, 0.1) is 5.95 Å². The Bertz CT molecular complexity index is 495. The topological polar surface area (TPSA) is 74.4 Å². The van der Waals surface area contributed by atoms with Gasteiger partial charge in [0.2, 0.25) is 11.8 Å². The van der Waals surface area contributed by atoms with Gasteiger partial charge in [-0.3, -0.25) is 0 Å². The Morgan fingerprint density at radius 1 is 1.44 bits per heavy atom. The molecule has 0 amide bonds. The number of carbonyl (C=O) groups is 1. The molecule has 18 heavy (non-hydrogen) atoms. The summed E-state index contributed by atoms with van der Waals surface area (Å²) in [4.78, 5) is 14.6. The fraction of sp³-hybridized carbons (Fsp3) is 0.400. The summed E-state index contributed by atoms with van der Waals surface area (Å²) in [5, 5.41) is -0.520. The first kappa shape index (κ1) is 13.2. The van der Waals surface area contributed by atoms with Crippen LogP contribution in [0.2, 0.25) is 10.0 Å². The zero-order chi connectivity index (χ0) is 13.3. The number of carbonyl (C=O) groups excluding carboxylic acids is 1. The molecule has 1 heterocycles. The first-order valence-electron chi connectivity index (χ1n) is 5.11. The molecule has 0 bridgehead atoms. The van der Waals surface area contributed by atoms with E-state index in [1.165, 1.54) is 0 Å². The second kappa shape index (κ2) is 5.16. The number of aromatic nitrogens is 1. The van der Waals surface area contributed by atoms with Gasteiger partial charge in [-0.25, -0.2) is 4.79 Å². The Labute approximate surface area is 112 Å². The van der Waals surface area contributed by atoms with Gasteiger partial charge in [-0.2, -0.15) is 9.37 Å². The van der Waals surface area contributed by atoms with Gasteiger partial charge in [-0.15, -0.1) is 0 Å². The lowest BCUT2D eigenvalue weighted by Gasteiger charge is -2.09. The number of nitrogens with zero attached hydrogens (tertiary/aromatic N) is 1. The van der Waals surface area contributed by atoms with Crippen LogP contribution in [-0.2, 0) is 9.53 Å². The molecule has 5 nitrogen and oxygen atoms in total. The fourth-order valence-corrected chi connectivity index (χ4v) is 1.52. The highest BCUT2D eigenvalue weighted by Crippen LogP contribution is 2.35. The first-order chi connectivity index (χ1) is 8.49. The van der Waals surface area contributed by atoms with Crippen LogP contribution in [0.4, 0.5) is 10.1 Å². The van der Waals surface area contributed by atoms with Gasteiger partial charge < -0.3 is 15.2 Å². The molecule has 0 aliphatic heterocycles. The highest BCUT2D eigenvalue weighted by atomic mass is 35.5. The number of halogens is 3. The maximum Gasteiger partial charge on any atom is 0.344 e. The maximum absolute atomic E-state index is 13.2. The van der Waals surface area contributed by atoms with Crippen molar-refractivity contribution in [2.45, 2.75) is 18.9 Å². The van der Waals surface area contributed by atoms with Crippen LogP contribution in [0.3, 0.4) is 0 Å². The minimum Gasteiger partial charge on any atom is -0.464 e. The van der Waals surface area contributed by atoms with Crippen molar-refractivity contribution in [3.05, 3.63) is 16.0 Å². The number of rotatable bonds is 4. The molecule has 0 saturated heterocycles. The molecule has 0 radical (unpaired) electrons. The number of hydrogen-bond donors (Lipinski definition) is 1. The molecule has 1 aliphatic carbocycles. The van der Waals surface area contributed by atoms with Crippen LogP contribution >= 0.6 is 23.2 Å². The third-order valence-corrected chi connectivity index (χ3v) is 2.92. The van der Waals surface area contributed by atoms with Gasteiger partial charge in [-0.05, 0) is 12.8 Å². The van der Waals surface area contributed by atoms with Crippen LogP contribution in [0.5, 0.6) is 5.88 Å². The number of hydrogen-bond acceptors (Lipinski definition) is 5. The minimum absolute atomic E-state index is 0.0310. The molecular formula is C10H9Cl2FN2O3. The van der Waals surface area contributed by atoms with Gasteiger partial charge >= 0.3 is 5.97 Å². The van der Waals surface area contributed by atoms with E-state index in [0.717, 1.165) is 12.8 Å². The smallest absolute Gasteiger partial charge is 0.344 e. The van der Waals surface area contributed by atoms with E-state index in [9.17, 15) is 9.18 Å². The molecule has 0 unspecified atom stereocenters. The molecule has 1 fully saturated rings. The maximum atomic E-state index is 13.2. The molecule has 0 aromatic carbocycles. The summed E-state index contributed by atoms with van der Waals surface area (Å²) in [7, 11) is 0. The van der Waals surface area contributed by atoms with E-state index in [2.05, 4.69) is 4.98 Å². The number of nitrogen functional groups attached to an aromatic ring is 1. The van der Waals surface area contributed by atoms with Crippen molar-refractivity contribution < 1.29 is 18.7 Å². The predicted molar refractivity (Wildman–Crippen MR) is 63.2 cm³/mol. The monoisotopic (exact) mass is 294 g/mol. The third-order valence-electron chi connectivity index (χ3n) is 2.19. The highest BCUT2D eigenvalue weighted by Gasteiger charge is 2.26. The molecule has 1 saturated carbocycles. The molecule has 0 spiro atoms. The van der Waals surface area contributed by atoms with Gasteiger partial charge in [0.15, 0.2) is 6.61 Å². The third kappa shape index (κ3) is 2.94. The molecule has 8 heteroatoms. The Morgan fingerprint density at radius 2 is 2.11 bits per heavy atom. The zero-order valence-corrected chi connectivity index (χ0v) is 10.6. The lowest BCUT2D eigenvalue weighted by Crippen LogP contribution is -2.17. The van der Waals surface area contributed by atoms with Gasteiger partial charge in [-0.1, -0.05) is 23.2 Å². The largest absolute Gasteiger partial charge is 0.464 e. The standard InChI is InChI=1S/C10H9Cl2FN2O3/c11-6-8(14)7(12)10(15-9(6)13)17-3-5(16)18-4-1-2-4/h4H,1-3H2,(H2,14,15). The fourth-order valence-electron chi connectivity index (χ4n) is 1.14. The van der Waals surface area contributed by atoms with Crippen molar-refractivity contribution in [2.75, 3.05) is 12.3 Å². The molecule has 0 atom stereocenters. The van der Waals surface area contributed by atoms with E-state index in [1.807, 2.05) is 0 Å². The molecule has 2 N–H and O–H groups in total. The van der Waals surface area contributed by atoms with Crippen molar-refractivity contribution in [3.8, 4) is 5.88 Å². The van der Waals surface area contributed by atoms with E-state index in [4.69, 9.17) is 38.4 Å². The van der Waals surface area contributed by atoms with E-state index in [0.29, 0.717) is 0 Å². The average molecular weight is 295 g/mol. The lowest BCUT2D eigenvalue weighted by atomic mass is 10.4. The van der Waals surface area contributed by atoms with Crippen LogP contribution < -0.4 is 10.5 Å². The number of esters is 1. The normalized spacial score (nSPS) is 14.4. The van der Waals surface area contributed by atoms with Crippen molar-refractivity contribution in [1.29, 1.82) is 0 Å². The Hall–Kier alpha value is -1.27. The quantitative estimate of drug-likeness (QED) is 0.681. The molecule has 2 rings (SSSR count). The van der Waals surface area contributed by atoms with E-state index in [1.54, 1.807) is 0 Å². The SMILES string of the molecule is Nc1c(Cl)c(F)nc(OCC(=O)OC2CC2)c1Cl. The number of anilines is 1. The van der Waals surface area contributed by atoms with E-state index in [-0.39, 0.29) is 27.7 Å². The second-order valence-corrected chi connectivity index (χ2v) is 4.48. The number of ether oxygens (including phenoxy) is 2. The van der Waals surface area contributed by atoms with Crippen LogP contribution in [0.25, 0.3) is 0 Å². The van der Waals surface area contributed by atoms with Crippen molar-refractivity contribution >= 4 is 34.9 Å². The van der Waals surface area contributed by atoms with Crippen molar-refractivity contribution in [2.24, 2.45) is 0 Å². The van der Waals surface area contributed by atoms with Crippen molar-refractivity contribution in [1.82, 2.24) is 4.98 Å². The predicted octanol–water partition coefficient (Wildman–Crippen LogP) is 2.19. The highest BCUT2D eigenvalue weighted by molar-refractivity contribution is 6.39. The van der Waals surface area contributed by atoms with Crippen LogP contribution in [-0.4, -0.2) is 23.7 Å². The summed E-state index contributed by atoms with van der Waals surface area (Å²) < 4.78 is 23.1. The van der Waals surface area contributed by atoms with E-state index < -0.39 is 18.5 Å². The van der Waals surface area contributed by atoms with Gasteiger partial charge in [0, 0.05) is 0 Å². The minimum atomic E-state index is -1.01. The van der Waals surface area contributed by atoms with Gasteiger partial charge in [0.05, 0.1) is 5.69 Å². The summed E-state index contributed by atoms with van der Waals surface area (Å²) in [5.41, 5.74) is 5.26. The number of nitrogens with two attached hydrogens (primary N) is 1. The van der Waals surface area contributed by atoms with Gasteiger partial charge in [0.25, 0.3) is 0 Å². The lowest BCUT2D eigenvalue weighted by molar-refractivity contribution is -0.147. The number of pyridine rings is 1. The van der Waals surface area contributed by atoms with E-state index >= 15 is 0 Å². The summed E-state index contributed by atoms with van der Waals surface area (Å²) in [6, 6.07) is 0. The van der Waals surface area contributed by atoms with Crippen LogP contribution in [0.15, 0.2) is 0 Å². The summed E-state index contributed by atoms with van der Waals surface area (Å²) in [6.07, 6.45) is 1.68. The average Bonchev–Trinajstić information content (AvgIpc) is 3.13. The zero-order valence-electron chi connectivity index (χ0n) is 9.08. The molecule has 1 aromatic heterocycles. The molecule has 1 aromatic rings. The molecule has 1 aliphatic rings. The van der Waals surface area contributed by atoms with Gasteiger partial charge in [0.1, 0.15) is 16.1 Å². The summed E-state index contributed by atoms with van der Waals surface area (Å²) >= 11 is 11.3. The summed E-state index contributed by atoms with van der Waals surface area (Å²) in [6.45, 7) is -0.413. The van der Waals surface area contributed by atoms with Crippen LogP contribution in [0.1, 0.15) is 12.8 Å². The van der Waals surface area contributed by atoms with Crippen molar-refractivity contribution in [3.63, 3.8) is 0 Å². The Morgan fingerprint density at radius 3 is 2.72 bits per heavy atom. The Balaban J connectivity index is 2.02. The molecular weight excluding hydrogens is 286 g/mol. The first-order valence-corrected chi connectivity index (χ1v) is 5.87. The summed E-state index contributed by atoms with van der Waals surface area (Å²) in [5.74, 6) is -1.86.